The molecule has 3 aromatic heterocycles. The van der Waals surface area contributed by atoms with E-state index in [1.807, 2.05) is 40.8 Å². The number of hydrogen-bond acceptors (Lipinski definition) is 1. The number of nitrogens with zero attached hydrogens (tertiary/aromatic N) is 2. The van der Waals surface area contributed by atoms with Gasteiger partial charge in [0.25, 0.3) is 5.56 Å². The summed E-state index contributed by atoms with van der Waals surface area (Å²) in [6.07, 6.45) is 0. The van der Waals surface area contributed by atoms with Crippen LogP contribution in [-0.2, 0) is 5.41 Å². The highest BCUT2D eigenvalue weighted by Crippen LogP contribution is 2.53. The molecular formula is C46H30N2O. The molecule has 3 heteroatoms. The van der Waals surface area contributed by atoms with Crippen LogP contribution in [0.15, 0.2) is 150 Å². The zero-order chi connectivity index (χ0) is 32.6. The summed E-state index contributed by atoms with van der Waals surface area (Å²) in [6, 6.07) is 52.0. The Morgan fingerprint density at radius 1 is 0.531 bits per heavy atom. The average molecular weight is 627 g/mol. The maximum absolute atomic E-state index is 14.3. The van der Waals surface area contributed by atoms with Crippen molar-refractivity contribution in [2.75, 3.05) is 0 Å². The molecule has 230 valence electrons. The summed E-state index contributed by atoms with van der Waals surface area (Å²) in [4.78, 5) is 14.3. The summed E-state index contributed by atoms with van der Waals surface area (Å²) in [6.45, 7) is 4.75. The first kappa shape index (κ1) is 26.8. The third-order valence-electron chi connectivity index (χ3n) is 11.2. The monoisotopic (exact) mass is 626 g/mol. The molecule has 3 nitrogen and oxygen atoms in total. The minimum absolute atomic E-state index is 0.0147. The van der Waals surface area contributed by atoms with Gasteiger partial charge in [-0.15, -0.1) is 0 Å². The fourth-order valence-electron chi connectivity index (χ4n) is 9.10. The molecule has 0 N–H and O–H groups in total. The molecule has 0 atom stereocenters. The van der Waals surface area contributed by atoms with Crippen molar-refractivity contribution in [1.29, 1.82) is 0 Å². The van der Waals surface area contributed by atoms with E-state index in [1.54, 1.807) is 0 Å². The molecular weight excluding hydrogens is 597 g/mol. The van der Waals surface area contributed by atoms with Crippen LogP contribution in [-0.4, -0.2) is 8.97 Å². The molecule has 0 saturated heterocycles. The maximum atomic E-state index is 14.3. The van der Waals surface area contributed by atoms with Crippen LogP contribution < -0.4 is 5.56 Å². The summed E-state index contributed by atoms with van der Waals surface area (Å²) in [5.74, 6) is 0. The van der Waals surface area contributed by atoms with Crippen LogP contribution in [0, 0.1) is 0 Å². The Bertz CT molecular complexity index is 3090. The first-order valence-corrected chi connectivity index (χ1v) is 17.0. The van der Waals surface area contributed by atoms with Gasteiger partial charge in [0.2, 0.25) is 0 Å². The average Bonchev–Trinajstić information content (AvgIpc) is 3.76. The Kier molecular flexibility index (Phi) is 5.06. The highest BCUT2D eigenvalue weighted by molar-refractivity contribution is 6.19. The van der Waals surface area contributed by atoms with Crippen molar-refractivity contribution in [2.24, 2.45) is 0 Å². The molecule has 3 heterocycles. The number of benzene rings is 7. The Morgan fingerprint density at radius 3 is 2.06 bits per heavy atom. The second-order valence-corrected chi connectivity index (χ2v) is 14.1. The quantitative estimate of drug-likeness (QED) is 0.175. The van der Waals surface area contributed by atoms with Gasteiger partial charge < -0.3 is 4.57 Å². The zero-order valence-electron chi connectivity index (χ0n) is 27.2. The lowest BCUT2D eigenvalue weighted by molar-refractivity contribution is 0.667. The lowest BCUT2D eigenvalue weighted by Crippen LogP contribution is -2.16. The van der Waals surface area contributed by atoms with Crippen molar-refractivity contribution >= 4 is 59.6 Å². The normalized spacial score (nSPS) is 13.8. The van der Waals surface area contributed by atoms with E-state index in [-0.39, 0.29) is 11.0 Å². The van der Waals surface area contributed by atoms with Gasteiger partial charge in [0, 0.05) is 32.3 Å². The first-order chi connectivity index (χ1) is 24.0. The fourth-order valence-corrected chi connectivity index (χ4v) is 9.10. The second kappa shape index (κ2) is 9.24. The fraction of sp³-hybridized carbons (Fsp3) is 0.0652. The molecule has 0 bridgehead atoms. The molecule has 0 spiro atoms. The lowest BCUT2D eigenvalue weighted by atomic mass is 9.80. The van der Waals surface area contributed by atoms with E-state index in [2.05, 4.69) is 128 Å². The van der Waals surface area contributed by atoms with Crippen molar-refractivity contribution in [1.82, 2.24) is 8.97 Å². The van der Waals surface area contributed by atoms with Crippen molar-refractivity contribution < 1.29 is 0 Å². The summed E-state index contributed by atoms with van der Waals surface area (Å²) >= 11 is 0. The van der Waals surface area contributed by atoms with Gasteiger partial charge in [-0.25, -0.2) is 0 Å². The molecule has 0 saturated carbocycles. The van der Waals surface area contributed by atoms with E-state index >= 15 is 0 Å². The zero-order valence-corrected chi connectivity index (χ0v) is 27.2. The van der Waals surface area contributed by atoms with E-state index in [4.69, 9.17) is 0 Å². The van der Waals surface area contributed by atoms with Crippen LogP contribution in [0.5, 0.6) is 0 Å². The van der Waals surface area contributed by atoms with Gasteiger partial charge in [0.15, 0.2) is 0 Å². The predicted octanol–water partition coefficient (Wildman–Crippen LogP) is 11.3. The third-order valence-corrected chi connectivity index (χ3v) is 11.2. The predicted molar refractivity (Wildman–Crippen MR) is 205 cm³/mol. The maximum Gasteiger partial charge on any atom is 0.263 e. The van der Waals surface area contributed by atoms with Gasteiger partial charge >= 0.3 is 0 Å². The van der Waals surface area contributed by atoms with Crippen molar-refractivity contribution in [3.05, 3.63) is 167 Å². The van der Waals surface area contributed by atoms with Crippen LogP contribution in [0.4, 0.5) is 0 Å². The van der Waals surface area contributed by atoms with E-state index in [0.717, 1.165) is 49.5 Å². The van der Waals surface area contributed by atoms with Gasteiger partial charge in [-0.1, -0.05) is 123 Å². The van der Waals surface area contributed by atoms with Crippen molar-refractivity contribution in [3.8, 4) is 28.1 Å². The number of aromatic nitrogens is 2. The molecule has 0 fully saturated rings. The van der Waals surface area contributed by atoms with Gasteiger partial charge in [-0.3, -0.25) is 9.20 Å². The van der Waals surface area contributed by atoms with Crippen LogP contribution in [0.2, 0.25) is 0 Å². The largest absolute Gasteiger partial charge is 0.309 e. The van der Waals surface area contributed by atoms with Gasteiger partial charge in [-0.2, -0.15) is 0 Å². The number of rotatable bonds is 2. The first-order valence-electron chi connectivity index (χ1n) is 17.0. The van der Waals surface area contributed by atoms with Crippen LogP contribution >= 0.6 is 0 Å². The number of pyridine rings is 1. The number of para-hydroxylation sites is 1. The Balaban J connectivity index is 1.29. The third kappa shape index (κ3) is 3.34. The lowest BCUT2D eigenvalue weighted by Gasteiger charge is -2.23. The summed E-state index contributed by atoms with van der Waals surface area (Å²) in [7, 11) is 0. The second-order valence-electron chi connectivity index (χ2n) is 14.1. The van der Waals surface area contributed by atoms with Crippen molar-refractivity contribution in [3.63, 3.8) is 0 Å². The molecule has 0 aliphatic heterocycles. The number of hydrogen-bond donors (Lipinski definition) is 0. The van der Waals surface area contributed by atoms with Crippen molar-refractivity contribution in [2.45, 2.75) is 19.3 Å². The SMILES string of the molecule is CC1(C)c2cc3c(cc2-c2ccc4ccccc4c21)c1ccccc1n3-c1ccc2cc(-c3ccccc3)n3c(=O)c4ccccc4c1c23. The summed E-state index contributed by atoms with van der Waals surface area (Å²) < 4.78 is 4.39. The smallest absolute Gasteiger partial charge is 0.263 e. The Morgan fingerprint density at radius 2 is 1.22 bits per heavy atom. The summed E-state index contributed by atoms with van der Waals surface area (Å²) in [5, 5.41) is 8.91. The molecule has 49 heavy (non-hydrogen) atoms. The Hall–Kier alpha value is -6.19. The topological polar surface area (TPSA) is 26.4 Å². The molecule has 1 aliphatic carbocycles. The molecule has 0 unspecified atom stereocenters. The van der Waals surface area contributed by atoms with Crippen LogP contribution in [0.3, 0.4) is 0 Å². The minimum atomic E-state index is -0.183. The van der Waals surface area contributed by atoms with Crippen LogP contribution in [0.1, 0.15) is 25.0 Å². The van der Waals surface area contributed by atoms with Crippen LogP contribution in [0.25, 0.3) is 87.7 Å². The van der Waals surface area contributed by atoms with Gasteiger partial charge in [-0.05, 0) is 80.4 Å². The highest BCUT2D eigenvalue weighted by atomic mass is 16.1. The molecule has 1 aliphatic rings. The molecule has 10 aromatic rings. The molecule has 0 amide bonds. The summed E-state index contributed by atoms with van der Waals surface area (Å²) in [5.41, 5.74) is 11.5. The molecule has 0 radical (unpaired) electrons. The standard InChI is InChI=1S/C46H30N2O/c1-46(2)37-26-41-36(25-35(37)33-22-20-27-12-6-7-15-30(27)43(33)46)31-16-10-11-19-38(31)47(41)39-23-21-29-24-40(28-13-4-3-5-14-28)48-44(29)42(39)32-17-8-9-18-34(32)45(48)49/h3-26H,1-2H3. The van der Waals surface area contributed by atoms with E-state index in [9.17, 15) is 4.79 Å². The van der Waals surface area contributed by atoms with E-state index in [0.29, 0.717) is 0 Å². The van der Waals surface area contributed by atoms with E-state index < -0.39 is 0 Å². The highest BCUT2D eigenvalue weighted by Gasteiger charge is 2.38. The Labute approximate surface area is 282 Å². The van der Waals surface area contributed by atoms with Gasteiger partial charge in [0.05, 0.1) is 27.9 Å². The molecule has 11 rings (SSSR count). The minimum Gasteiger partial charge on any atom is -0.309 e. The van der Waals surface area contributed by atoms with E-state index in [1.165, 1.54) is 49.3 Å². The number of fused-ring (bicyclic) bond motifs is 10. The van der Waals surface area contributed by atoms with Gasteiger partial charge in [0.1, 0.15) is 0 Å². The molecule has 7 aromatic carbocycles.